The Morgan fingerprint density at radius 1 is 1.16 bits per heavy atom. The van der Waals surface area contributed by atoms with Crippen LogP contribution in [0.5, 0.6) is 0 Å². The summed E-state index contributed by atoms with van der Waals surface area (Å²) in [4.78, 5) is 27.7. The third-order valence-electron chi connectivity index (χ3n) is 4.15. The molecule has 0 aliphatic heterocycles. The maximum Gasteiger partial charge on any atom is 0.340 e. The van der Waals surface area contributed by atoms with Crippen molar-refractivity contribution in [1.82, 2.24) is 10.3 Å². The SMILES string of the molecule is Cc1ccccc1CCNC(=O)c1[nH]c(C)c(C(=O)OC(C)C)c1C. The van der Waals surface area contributed by atoms with Gasteiger partial charge in [-0.2, -0.15) is 0 Å². The maximum atomic E-state index is 12.5. The molecule has 0 aliphatic carbocycles. The molecule has 2 rings (SSSR count). The summed E-state index contributed by atoms with van der Waals surface area (Å²) in [5.74, 6) is -0.613. The van der Waals surface area contributed by atoms with Crippen molar-refractivity contribution >= 4 is 11.9 Å². The number of ether oxygens (including phenoxy) is 1. The first-order valence-corrected chi connectivity index (χ1v) is 8.54. The lowest BCUT2D eigenvalue weighted by atomic mass is 10.1. The molecule has 0 fully saturated rings. The maximum absolute atomic E-state index is 12.5. The van der Waals surface area contributed by atoms with E-state index in [1.165, 1.54) is 11.1 Å². The summed E-state index contributed by atoms with van der Waals surface area (Å²) in [6.07, 6.45) is 0.562. The standard InChI is InChI=1S/C20H26N2O3/c1-12(2)25-20(24)17-14(4)18(22-15(17)5)19(23)21-11-10-16-9-7-6-8-13(16)3/h6-9,12,22H,10-11H2,1-5H3,(H,21,23). The Balaban J connectivity index is 2.05. The minimum atomic E-state index is -0.403. The average molecular weight is 342 g/mol. The number of amides is 1. The van der Waals surface area contributed by atoms with Crippen LogP contribution < -0.4 is 5.32 Å². The predicted molar refractivity (Wildman–Crippen MR) is 98.0 cm³/mol. The molecule has 0 radical (unpaired) electrons. The molecular formula is C20H26N2O3. The van der Waals surface area contributed by atoms with Gasteiger partial charge in [0, 0.05) is 12.2 Å². The second-order valence-electron chi connectivity index (χ2n) is 6.51. The minimum Gasteiger partial charge on any atom is -0.459 e. The number of carbonyl (C=O) groups is 2. The Hall–Kier alpha value is -2.56. The van der Waals surface area contributed by atoms with E-state index in [-0.39, 0.29) is 12.0 Å². The van der Waals surface area contributed by atoms with Crippen molar-refractivity contribution in [1.29, 1.82) is 0 Å². The number of nitrogens with one attached hydrogen (secondary N) is 2. The Morgan fingerprint density at radius 3 is 2.48 bits per heavy atom. The highest BCUT2D eigenvalue weighted by molar-refractivity contribution is 6.00. The van der Waals surface area contributed by atoms with Gasteiger partial charge in [0.25, 0.3) is 5.91 Å². The van der Waals surface area contributed by atoms with Gasteiger partial charge in [-0.05, 0) is 57.7 Å². The Bertz CT molecular complexity index is 775. The van der Waals surface area contributed by atoms with Gasteiger partial charge in [0.05, 0.1) is 11.7 Å². The second kappa shape index (κ2) is 8.01. The molecule has 1 heterocycles. The molecule has 0 saturated heterocycles. The lowest BCUT2D eigenvalue weighted by Gasteiger charge is -2.09. The Kier molecular flexibility index (Phi) is 6.02. The highest BCUT2D eigenvalue weighted by atomic mass is 16.5. The van der Waals surface area contributed by atoms with E-state index < -0.39 is 5.97 Å². The van der Waals surface area contributed by atoms with Crippen molar-refractivity contribution < 1.29 is 14.3 Å². The fourth-order valence-electron chi connectivity index (χ4n) is 2.85. The van der Waals surface area contributed by atoms with Crippen LogP contribution in [0.15, 0.2) is 24.3 Å². The molecule has 25 heavy (non-hydrogen) atoms. The lowest BCUT2D eigenvalue weighted by Crippen LogP contribution is -2.27. The number of aromatic amines is 1. The van der Waals surface area contributed by atoms with E-state index in [0.29, 0.717) is 29.1 Å². The van der Waals surface area contributed by atoms with Crippen LogP contribution in [0, 0.1) is 20.8 Å². The molecule has 1 aromatic heterocycles. The van der Waals surface area contributed by atoms with Crippen LogP contribution in [-0.4, -0.2) is 29.5 Å². The quantitative estimate of drug-likeness (QED) is 0.790. The van der Waals surface area contributed by atoms with Gasteiger partial charge in [0.15, 0.2) is 0 Å². The van der Waals surface area contributed by atoms with Gasteiger partial charge >= 0.3 is 5.97 Å². The zero-order valence-electron chi connectivity index (χ0n) is 15.5. The molecular weight excluding hydrogens is 316 g/mol. The van der Waals surface area contributed by atoms with E-state index >= 15 is 0 Å². The van der Waals surface area contributed by atoms with Crippen LogP contribution in [0.2, 0.25) is 0 Å². The molecule has 5 heteroatoms. The fourth-order valence-corrected chi connectivity index (χ4v) is 2.85. The van der Waals surface area contributed by atoms with E-state index in [2.05, 4.69) is 29.4 Å². The molecule has 0 bridgehead atoms. The number of rotatable bonds is 6. The first kappa shape index (κ1) is 18.8. The minimum absolute atomic E-state index is 0.201. The lowest BCUT2D eigenvalue weighted by molar-refractivity contribution is 0.0376. The van der Waals surface area contributed by atoms with Crippen molar-refractivity contribution in [3.05, 3.63) is 57.9 Å². The molecule has 1 aromatic carbocycles. The van der Waals surface area contributed by atoms with Gasteiger partial charge < -0.3 is 15.0 Å². The van der Waals surface area contributed by atoms with Crippen LogP contribution in [0.3, 0.4) is 0 Å². The Labute approximate surface area is 148 Å². The van der Waals surface area contributed by atoms with Gasteiger partial charge in [-0.15, -0.1) is 0 Å². The van der Waals surface area contributed by atoms with E-state index in [1.807, 2.05) is 12.1 Å². The number of esters is 1. The van der Waals surface area contributed by atoms with Gasteiger partial charge in [0.1, 0.15) is 5.69 Å². The molecule has 0 aliphatic rings. The predicted octanol–water partition coefficient (Wildman–Crippen LogP) is 3.48. The van der Waals surface area contributed by atoms with Crippen molar-refractivity contribution in [3.8, 4) is 0 Å². The van der Waals surface area contributed by atoms with Crippen molar-refractivity contribution in [3.63, 3.8) is 0 Å². The molecule has 0 saturated carbocycles. The van der Waals surface area contributed by atoms with Gasteiger partial charge in [-0.25, -0.2) is 4.79 Å². The Morgan fingerprint density at radius 2 is 1.84 bits per heavy atom. The van der Waals surface area contributed by atoms with E-state index in [0.717, 1.165) is 6.42 Å². The van der Waals surface area contributed by atoms with E-state index in [9.17, 15) is 9.59 Å². The normalized spacial score (nSPS) is 10.8. The number of H-pyrrole nitrogens is 1. The molecule has 0 atom stereocenters. The smallest absolute Gasteiger partial charge is 0.340 e. The van der Waals surface area contributed by atoms with Crippen molar-refractivity contribution in [2.45, 2.75) is 47.1 Å². The second-order valence-corrected chi connectivity index (χ2v) is 6.51. The molecule has 0 unspecified atom stereocenters. The van der Waals surface area contributed by atoms with Gasteiger partial charge in [-0.1, -0.05) is 24.3 Å². The molecule has 1 amide bonds. The summed E-state index contributed by atoms with van der Waals surface area (Å²) in [6, 6.07) is 8.11. The van der Waals surface area contributed by atoms with Gasteiger partial charge in [0.2, 0.25) is 0 Å². The number of benzene rings is 1. The highest BCUT2D eigenvalue weighted by Gasteiger charge is 2.23. The number of aromatic nitrogens is 1. The summed E-state index contributed by atoms with van der Waals surface area (Å²) in [5, 5.41) is 2.91. The fraction of sp³-hybridized carbons (Fsp3) is 0.400. The van der Waals surface area contributed by atoms with Crippen LogP contribution in [0.25, 0.3) is 0 Å². The topological polar surface area (TPSA) is 71.2 Å². The summed E-state index contributed by atoms with van der Waals surface area (Å²) < 4.78 is 5.25. The first-order valence-electron chi connectivity index (χ1n) is 8.54. The van der Waals surface area contributed by atoms with Crippen LogP contribution >= 0.6 is 0 Å². The third-order valence-corrected chi connectivity index (χ3v) is 4.15. The molecule has 2 N–H and O–H groups in total. The summed E-state index contributed by atoms with van der Waals surface area (Å²) in [6.45, 7) is 9.72. The number of carbonyl (C=O) groups excluding carboxylic acids is 2. The van der Waals surface area contributed by atoms with Crippen molar-refractivity contribution in [2.75, 3.05) is 6.54 Å². The highest BCUT2D eigenvalue weighted by Crippen LogP contribution is 2.19. The van der Waals surface area contributed by atoms with E-state index in [4.69, 9.17) is 4.74 Å². The summed E-state index contributed by atoms with van der Waals surface area (Å²) >= 11 is 0. The molecule has 2 aromatic rings. The van der Waals surface area contributed by atoms with Crippen LogP contribution in [0.1, 0.15) is 57.1 Å². The molecule has 0 spiro atoms. The monoisotopic (exact) mass is 342 g/mol. The summed E-state index contributed by atoms with van der Waals surface area (Å²) in [7, 11) is 0. The number of hydrogen-bond donors (Lipinski definition) is 2. The summed E-state index contributed by atoms with van der Waals surface area (Å²) in [5.41, 5.74) is 4.55. The van der Waals surface area contributed by atoms with Crippen LogP contribution in [0.4, 0.5) is 0 Å². The zero-order chi connectivity index (χ0) is 18.6. The number of aryl methyl sites for hydroxylation is 2. The first-order chi connectivity index (χ1) is 11.8. The molecule has 5 nitrogen and oxygen atoms in total. The largest absolute Gasteiger partial charge is 0.459 e. The zero-order valence-corrected chi connectivity index (χ0v) is 15.5. The van der Waals surface area contributed by atoms with Crippen molar-refractivity contribution in [2.24, 2.45) is 0 Å². The van der Waals surface area contributed by atoms with E-state index in [1.54, 1.807) is 27.7 Å². The number of hydrogen-bond acceptors (Lipinski definition) is 3. The third kappa shape index (κ3) is 4.50. The van der Waals surface area contributed by atoms with Gasteiger partial charge in [-0.3, -0.25) is 4.79 Å². The molecule has 134 valence electrons. The average Bonchev–Trinajstić information content (AvgIpc) is 2.83. The van der Waals surface area contributed by atoms with Crippen LogP contribution in [-0.2, 0) is 11.2 Å².